The fourth-order valence-corrected chi connectivity index (χ4v) is 4.96. The highest BCUT2D eigenvalue weighted by Crippen LogP contribution is 2.31. The van der Waals surface area contributed by atoms with Crippen molar-refractivity contribution in [1.29, 1.82) is 0 Å². The van der Waals surface area contributed by atoms with Crippen molar-refractivity contribution < 1.29 is 14.3 Å². The van der Waals surface area contributed by atoms with E-state index in [4.69, 9.17) is 21.1 Å². The van der Waals surface area contributed by atoms with E-state index in [9.17, 15) is 9.59 Å². The molecule has 0 bridgehead atoms. The van der Waals surface area contributed by atoms with Crippen molar-refractivity contribution >= 4 is 35.0 Å². The molecule has 1 aliphatic rings. The summed E-state index contributed by atoms with van der Waals surface area (Å²) in [5.74, 6) is 0.304. The zero-order valence-corrected chi connectivity index (χ0v) is 20.8. The highest BCUT2D eigenvalue weighted by Gasteiger charge is 2.33. The van der Waals surface area contributed by atoms with Gasteiger partial charge in [0.05, 0.1) is 35.1 Å². The van der Waals surface area contributed by atoms with Crippen molar-refractivity contribution in [2.75, 3.05) is 13.2 Å². The molecule has 1 atom stereocenters. The summed E-state index contributed by atoms with van der Waals surface area (Å²) >= 11 is 7.38. The molecule has 1 aromatic heterocycles. The molecule has 6 nitrogen and oxygen atoms in total. The Hall–Kier alpha value is -3.16. The van der Waals surface area contributed by atoms with E-state index < -0.39 is 12.0 Å². The number of benzene rings is 2. The Kier molecular flexibility index (Phi) is 7.34. The van der Waals surface area contributed by atoms with Crippen molar-refractivity contribution in [3.05, 3.63) is 95.6 Å². The summed E-state index contributed by atoms with van der Waals surface area (Å²) in [7, 11) is 0. The normalized spacial score (nSPS) is 15.6. The van der Waals surface area contributed by atoms with Crippen molar-refractivity contribution in [1.82, 2.24) is 4.57 Å². The van der Waals surface area contributed by atoms with Crippen LogP contribution in [-0.2, 0) is 9.53 Å². The number of aromatic nitrogens is 1. The topological polar surface area (TPSA) is 69.9 Å². The summed E-state index contributed by atoms with van der Waals surface area (Å²) in [4.78, 5) is 31.6. The number of esters is 1. The van der Waals surface area contributed by atoms with Gasteiger partial charge in [0, 0.05) is 5.02 Å². The molecule has 2 aromatic carbocycles. The number of rotatable bonds is 7. The van der Waals surface area contributed by atoms with E-state index >= 15 is 0 Å². The summed E-state index contributed by atoms with van der Waals surface area (Å²) in [6, 6.07) is 14.1. The van der Waals surface area contributed by atoms with Crippen molar-refractivity contribution in [3.63, 3.8) is 0 Å². The fraction of sp³-hybridized carbons (Fsp3) is 0.269. The Morgan fingerprint density at radius 3 is 2.50 bits per heavy atom. The first-order valence-corrected chi connectivity index (χ1v) is 12.3. The number of carbonyl (C=O) groups excluding carboxylic acids is 1. The number of fused-ring (bicyclic) bond motifs is 1. The van der Waals surface area contributed by atoms with E-state index in [1.807, 2.05) is 42.5 Å². The van der Waals surface area contributed by atoms with Crippen LogP contribution in [0.2, 0.25) is 5.02 Å². The highest BCUT2D eigenvalue weighted by atomic mass is 35.5. The number of hydrogen-bond acceptors (Lipinski definition) is 6. The molecule has 0 N–H and O–H groups in total. The van der Waals surface area contributed by atoms with Gasteiger partial charge >= 0.3 is 5.97 Å². The minimum atomic E-state index is -0.653. The van der Waals surface area contributed by atoms with E-state index in [0.29, 0.717) is 32.2 Å². The van der Waals surface area contributed by atoms with Gasteiger partial charge in [-0.05, 0) is 61.7 Å². The summed E-state index contributed by atoms with van der Waals surface area (Å²) in [6.45, 7) is 6.46. The van der Waals surface area contributed by atoms with Gasteiger partial charge in [-0.1, -0.05) is 54.1 Å². The van der Waals surface area contributed by atoms with Crippen molar-refractivity contribution in [2.45, 2.75) is 33.2 Å². The molecule has 8 heteroatoms. The van der Waals surface area contributed by atoms with Crippen LogP contribution >= 0.6 is 22.9 Å². The van der Waals surface area contributed by atoms with Crippen LogP contribution in [0.4, 0.5) is 0 Å². The third-order valence-electron chi connectivity index (χ3n) is 5.35. The summed E-state index contributed by atoms with van der Waals surface area (Å²) in [6.07, 6.45) is 2.76. The molecular weight excluding hydrogens is 472 g/mol. The van der Waals surface area contributed by atoms with Gasteiger partial charge in [-0.3, -0.25) is 9.36 Å². The van der Waals surface area contributed by atoms with Gasteiger partial charge in [0.1, 0.15) is 5.75 Å². The third-order valence-corrected chi connectivity index (χ3v) is 6.59. The zero-order chi connectivity index (χ0) is 24.2. The molecule has 0 unspecified atom stereocenters. The Bertz CT molecular complexity index is 1400. The van der Waals surface area contributed by atoms with Crippen LogP contribution in [0.5, 0.6) is 5.75 Å². The molecule has 0 fully saturated rings. The predicted octanol–water partition coefficient (Wildman–Crippen LogP) is 4.24. The average Bonchev–Trinajstić information content (AvgIpc) is 3.12. The van der Waals surface area contributed by atoms with Crippen LogP contribution in [0.25, 0.3) is 6.08 Å². The van der Waals surface area contributed by atoms with Gasteiger partial charge in [0.15, 0.2) is 4.80 Å². The maximum Gasteiger partial charge on any atom is 0.338 e. The van der Waals surface area contributed by atoms with Gasteiger partial charge in [-0.2, -0.15) is 0 Å². The van der Waals surface area contributed by atoms with E-state index in [1.54, 1.807) is 30.5 Å². The molecule has 2 heterocycles. The molecule has 4 rings (SSSR count). The number of halogens is 1. The minimum absolute atomic E-state index is 0.218. The highest BCUT2D eigenvalue weighted by molar-refractivity contribution is 7.07. The first-order valence-electron chi connectivity index (χ1n) is 11.1. The number of nitrogens with zero attached hydrogens (tertiary/aromatic N) is 2. The summed E-state index contributed by atoms with van der Waals surface area (Å²) in [5.41, 5.74) is 2.29. The van der Waals surface area contributed by atoms with E-state index in [1.165, 1.54) is 11.3 Å². The Morgan fingerprint density at radius 2 is 1.85 bits per heavy atom. The molecule has 0 saturated heterocycles. The van der Waals surface area contributed by atoms with E-state index in [0.717, 1.165) is 23.3 Å². The molecule has 176 valence electrons. The second-order valence-corrected chi connectivity index (χ2v) is 9.22. The van der Waals surface area contributed by atoms with Crippen LogP contribution in [-0.4, -0.2) is 23.8 Å². The van der Waals surface area contributed by atoms with Gasteiger partial charge in [-0.25, -0.2) is 9.79 Å². The first kappa shape index (κ1) is 24.0. The maximum atomic E-state index is 13.6. The first-order chi connectivity index (χ1) is 16.4. The van der Waals surface area contributed by atoms with Gasteiger partial charge in [-0.15, -0.1) is 0 Å². The molecule has 1 aliphatic heterocycles. The number of hydrogen-bond donors (Lipinski definition) is 0. The molecule has 0 radical (unpaired) electrons. The fourth-order valence-electron chi connectivity index (χ4n) is 3.78. The second kappa shape index (κ2) is 10.4. The Labute approximate surface area is 206 Å². The molecular formula is C26H25ClN2O4S. The number of allylic oxidation sites excluding steroid dienone is 1. The van der Waals surface area contributed by atoms with Crippen molar-refractivity contribution in [3.8, 4) is 5.75 Å². The number of ether oxygens (including phenoxy) is 2. The van der Waals surface area contributed by atoms with Crippen LogP contribution in [0.15, 0.2) is 69.6 Å². The van der Waals surface area contributed by atoms with Crippen LogP contribution < -0.4 is 19.6 Å². The Balaban J connectivity index is 1.83. The average molecular weight is 497 g/mol. The van der Waals surface area contributed by atoms with Gasteiger partial charge in [0.25, 0.3) is 5.56 Å². The lowest BCUT2D eigenvalue weighted by molar-refractivity contribution is -0.139. The van der Waals surface area contributed by atoms with Crippen molar-refractivity contribution in [2.24, 2.45) is 4.99 Å². The third kappa shape index (κ3) is 4.86. The Morgan fingerprint density at radius 1 is 1.15 bits per heavy atom. The van der Waals surface area contributed by atoms with Crippen LogP contribution in [0, 0.1) is 0 Å². The summed E-state index contributed by atoms with van der Waals surface area (Å²) in [5, 5.41) is 0.570. The van der Waals surface area contributed by atoms with Crippen LogP contribution in [0.1, 0.15) is 44.4 Å². The van der Waals surface area contributed by atoms with Crippen LogP contribution in [0.3, 0.4) is 0 Å². The SMILES string of the molecule is CCCOc1ccc(/C=c2\sc3n(c2=O)[C@@H](c2ccc(Cl)cc2)C(C(=O)OCC)=C(C)N=3)cc1. The van der Waals surface area contributed by atoms with Gasteiger partial charge in [0.2, 0.25) is 0 Å². The molecule has 0 aliphatic carbocycles. The minimum Gasteiger partial charge on any atom is -0.494 e. The lowest BCUT2D eigenvalue weighted by atomic mass is 9.96. The largest absolute Gasteiger partial charge is 0.494 e. The van der Waals surface area contributed by atoms with E-state index in [-0.39, 0.29) is 12.2 Å². The molecule has 3 aromatic rings. The zero-order valence-electron chi connectivity index (χ0n) is 19.2. The quantitative estimate of drug-likeness (QED) is 0.459. The standard InChI is InChI=1S/C26H25ClN2O4S/c1-4-14-33-20-12-6-17(7-13-20)15-21-24(30)29-23(18-8-10-19(27)11-9-18)22(25(31)32-5-2)16(3)28-26(29)34-21/h6-13,15,23H,4-5,14H2,1-3H3/b21-15-/t23-/m0/s1. The second-order valence-electron chi connectivity index (χ2n) is 7.77. The maximum absolute atomic E-state index is 13.6. The number of thiazole rings is 1. The molecule has 34 heavy (non-hydrogen) atoms. The number of carbonyl (C=O) groups is 1. The lowest BCUT2D eigenvalue weighted by Gasteiger charge is -2.24. The van der Waals surface area contributed by atoms with Gasteiger partial charge < -0.3 is 9.47 Å². The smallest absolute Gasteiger partial charge is 0.338 e. The predicted molar refractivity (Wildman–Crippen MR) is 134 cm³/mol. The molecule has 0 spiro atoms. The molecule has 0 amide bonds. The monoisotopic (exact) mass is 496 g/mol. The molecule has 0 saturated carbocycles. The summed E-state index contributed by atoms with van der Waals surface area (Å²) < 4.78 is 13.0. The lowest BCUT2D eigenvalue weighted by Crippen LogP contribution is -2.39. The van der Waals surface area contributed by atoms with E-state index in [2.05, 4.69) is 11.9 Å².